The summed E-state index contributed by atoms with van der Waals surface area (Å²) in [5.74, 6) is -1.97. The van der Waals surface area contributed by atoms with E-state index in [1.807, 2.05) is 11.9 Å². The molecule has 0 aromatic rings. The molecule has 1 aliphatic heterocycles. The van der Waals surface area contributed by atoms with E-state index >= 15 is 0 Å². The summed E-state index contributed by atoms with van der Waals surface area (Å²) in [6.45, 7) is 2.65. The molecule has 3 atom stereocenters. The Bertz CT molecular complexity index is 520. The molecule has 1 saturated heterocycles. The lowest BCUT2D eigenvalue weighted by molar-refractivity contribution is -0.142. The number of likely N-dealkylation sites (tertiary alicyclic amines) is 1. The number of likely N-dealkylation sites (N-methyl/N-ethyl adjacent to an activating group) is 1. The van der Waals surface area contributed by atoms with Crippen LogP contribution >= 0.6 is 0 Å². The van der Waals surface area contributed by atoms with Crippen molar-refractivity contribution in [1.29, 1.82) is 0 Å². The van der Waals surface area contributed by atoms with Crippen LogP contribution in [-0.2, 0) is 14.4 Å². The normalized spacial score (nSPS) is 19.7. The van der Waals surface area contributed by atoms with Gasteiger partial charge >= 0.3 is 5.97 Å². The van der Waals surface area contributed by atoms with Crippen LogP contribution in [0.5, 0.6) is 0 Å². The van der Waals surface area contributed by atoms with E-state index in [0.717, 1.165) is 19.4 Å². The highest BCUT2D eigenvalue weighted by Gasteiger charge is 2.30. The zero-order chi connectivity index (χ0) is 19.0. The van der Waals surface area contributed by atoms with Gasteiger partial charge in [-0.2, -0.15) is 0 Å². The van der Waals surface area contributed by atoms with E-state index in [1.54, 1.807) is 0 Å². The number of aliphatic imine (C=N–C) groups is 1. The molecule has 25 heavy (non-hydrogen) atoms. The number of nitrogens with zero attached hydrogens (tertiary/aromatic N) is 2. The van der Waals surface area contributed by atoms with Crippen LogP contribution in [0.15, 0.2) is 4.99 Å². The van der Waals surface area contributed by atoms with Gasteiger partial charge in [-0.05, 0) is 46.2 Å². The van der Waals surface area contributed by atoms with Gasteiger partial charge in [-0.1, -0.05) is 0 Å². The number of rotatable bonds is 9. The Morgan fingerprint density at radius 2 is 2.00 bits per heavy atom. The SMILES string of the molecule is C[C@H](NC(=O)[C@@H]1CCCN1C)C(=O)N[C@@H](CCCN=C(N)N)C(=O)O. The minimum absolute atomic E-state index is 0.0656. The van der Waals surface area contributed by atoms with Crippen molar-refractivity contribution < 1.29 is 19.5 Å². The topological polar surface area (TPSA) is 163 Å². The fourth-order valence-electron chi connectivity index (χ4n) is 2.67. The molecular weight excluding hydrogens is 328 g/mol. The van der Waals surface area contributed by atoms with Crippen molar-refractivity contribution >= 4 is 23.7 Å². The number of carboxylic acid groups (broad SMARTS) is 1. The van der Waals surface area contributed by atoms with E-state index < -0.39 is 24.0 Å². The van der Waals surface area contributed by atoms with Crippen molar-refractivity contribution in [3.05, 3.63) is 0 Å². The fourth-order valence-corrected chi connectivity index (χ4v) is 2.67. The summed E-state index contributed by atoms with van der Waals surface area (Å²) in [6, 6.07) is -2.12. The lowest BCUT2D eigenvalue weighted by atomic mass is 10.1. The predicted molar refractivity (Wildman–Crippen MR) is 92.7 cm³/mol. The highest BCUT2D eigenvalue weighted by Crippen LogP contribution is 2.14. The number of nitrogens with one attached hydrogen (secondary N) is 2. The highest BCUT2D eigenvalue weighted by molar-refractivity contribution is 5.91. The molecule has 10 nitrogen and oxygen atoms in total. The highest BCUT2D eigenvalue weighted by atomic mass is 16.4. The number of hydrogen-bond donors (Lipinski definition) is 5. The summed E-state index contributed by atoms with van der Waals surface area (Å²) in [7, 11) is 1.86. The molecule has 142 valence electrons. The lowest BCUT2D eigenvalue weighted by Crippen LogP contribution is -2.53. The van der Waals surface area contributed by atoms with Crippen LogP contribution in [0.1, 0.15) is 32.6 Å². The predicted octanol–water partition coefficient (Wildman–Crippen LogP) is -1.79. The maximum absolute atomic E-state index is 12.2. The molecule has 0 bridgehead atoms. The molecule has 0 aromatic heterocycles. The van der Waals surface area contributed by atoms with Gasteiger partial charge in [-0.25, -0.2) is 4.79 Å². The Morgan fingerprint density at radius 1 is 1.32 bits per heavy atom. The molecule has 0 radical (unpaired) electrons. The van der Waals surface area contributed by atoms with Gasteiger partial charge in [0.1, 0.15) is 12.1 Å². The van der Waals surface area contributed by atoms with Crippen molar-refractivity contribution in [1.82, 2.24) is 15.5 Å². The molecule has 1 heterocycles. The number of nitrogens with two attached hydrogens (primary N) is 2. The van der Waals surface area contributed by atoms with E-state index in [-0.39, 0.29) is 30.9 Å². The largest absolute Gasteiger partial charge is 0.480 e. The first-order valence-corrected chi connectivity index (χ1v) is 8.31. The number of aliphatic carboxylic acids is 1. The molecule has 0 spiro atoms. The standard InChI is InChI=1S/C15H28N6O4/c1-9(19-13(23)11-6-4-8-21(11)2)12(22)20-10(14(24)25)5-3-7-18-15(16)17/h9-11H,3-8H2,1-2H3,(H,19,23)(H,20,22)(H,24,25)(H4,16,17,18)/t9-,10-,11-/m0/s1. The summed E-state index contributed by atoms with van der Waals surface area (Å²) in [5, 5.41) is 14.3. The minimum Gasteiger partial charge on any atom is -0.480 e. The molecule has 0 saturated carbocycles. The Labute approximate surface area is 147 Å². The maximum atomic E-state index is 12.2. The van der Waals surface area contributed by atoms with Crippen molar-refractivity contribution in [2.24, 2.45) is 16.5 Å². The smallest absolute Gasteiger partial charge is 0.326 e. The number of carboxylic acids is 1. The molecule has 1 aliphatic rings. The quantitative estimate of drug-likeness (QED) is 0.185. The number of amides is 2. The van der Waals surface area contributed by atoms with E-state index in [2.05, 4.69) is 15.6 Å². The van der Waals surface area contributed by atoms with Crippen molar-refractivity contribution in [3.8, 4) is 0 Å². The summed E-state index contributed by atoms with van der Waals surface area (Å²) < 4.78 is 0. The van der Waals surface area contributed by atoms with Crippen LogP contribution in [0.25, 0.3) is 0 Å². The first-order valence-electron chi connectivity index (χ1n) is 8.31. The first kappa shape index (κ1) is 20.7. The number of carbonyl (C=O) groups excluding carboxylic acids is 2. The van der Waals surface area contributed by atoms with E-state index in [1.165, 1.54) is 6.92 Å². The molecule has 10 heteroatoms. The van der Waals surface area contributed by atoms with Gasteiger partial charge in [0.15, 0.2) is 5.96 Å². The fraction of sp³-hybridized carbons (Fsp3) is 0.733. The van der Waals surface area contributed by atoms with Crippen LogP contribution in [0.4, 0.5) is 0 Å². The zero-order valence-corrected chi connectivity index (χ0v) is 14.7. The average molecular weight is 356 g/mol. The number of guanidine groups is 1. The number of carbonyl (C=O) groups is 3. The van der Waals surface area contributed by atoms with Crippen molar-refractivity contribution in [2.75, 3.05) is 20.1 Å². The van der Waals surface area contributed by atoms with Crippen LogP contribution in [-0.4, -0.2) is 72.0 Å². The second-order valence-corrected chi connectivity index (χ2v) is 6.22. The zero-order valence-electron chi connectivity index (χ0n) is 14.7. The monoisotopic (exact) mass is 356 g/mol. The van der Waals surface area contributed by atoms with Crippen LogP contribution in [0.3, 0.4) is 0 Å². The number of hydrogen-bond acceptors (Lipinski definition) is 5. The summed E-state index contributed by atoms with van der Waals surface area (Å²) in [5.41, 5.74) is 10.4. The third-order valence-electron chi connectivity index (χ3n) is 4.14. The molecule has 0 aromatic carbocycles. The van der Waals surface area contributed by atoms with E-state index in [4.69, 9.17) is 11.5 Å². The molecule has 2 amide bonds. The van der Waals surface area contributed by atoms with E-state index in [9.17, 15) is 19.5 Å². The van der Waals surface area contributed by atoms with Gasteiger partial charge in [0, 0.05) is 6.54 Å². The Balaban J connectivity index is 2.48. The van der Waals surface area contributed by atoms with Crippen LogP contribution in [0, 0.1) is 0 Å². The van der Waals surface area contributed by atoms with Crippen molar-refractivity contribution in [2.45, 2.75) is 50.7 Å². The molecule has 1 fully saturated rings. The Morgan fingerprint density at radius 3 is 2.52 bits per heavy atom. The second kappa shape index (κ2) is 9.82. The Hall–Kier alpha value is -2.36. The molecule has 1 rings (SSSR count). The summed E-state index contributed by atoms with van der Waals surface area (Å²) >= 11 is 0. The van der Waals surface area contributed by atoms with Crippen molar-refractivity contribution in [3.63, 3.8) is 0 Å². The third-order valence-corrected chi connectivity index (χ3v) is 4.14. The van der Waals surface area contributed by atoms with Crippen LogP contribution in [0.2, 0.25) is 0 Å². The molecular formula is C15H28N6O4. The molecule has 0 unspecified atom stereocenters. The van der Waals surface area contributed by atoms with Crippen LogP contribution < -0.4 is 22.1 Å². The van der Waals surface area contributed by atoms with Gasteiger partial charge < -0.3 is 27.2 Å². The maximum Gasteiger partial charge on any atom is 0.326 e. The average Bonchev–Trinajstić information content (AvgIpc) is 2.95. The minimum atomic E-state index is -1.15. The second-order valence-electron chi connectivity index (χ2n) is 6.22. The molecule has 0 aliphatic carbocycles. The summed E-state index contributed by atoms with van der Waals surface area (Å²) in [6.07, 6.45) is 2.28. The van der Waals surface area contributed by atoms with Gasteiger partial charge in [-0.15, -0.1) is 0 Å². The van der Waals surface area contributed by atoms with Gasteiger partial charge in [0.05, 0.1) is 6.04 Å². The van der Waals surface area contributed by atoms with Gasteiger partial charge in [0.2, 0.25) is 11.8 Å². The van der Waals surface area contributed by atoms with E-state index in [0.29, 0.717) is 6.42 Å². The summed E-state index contributed by atoms with van der Waals surface area (Å²) in [4.78, 5) is 41.3. The Kier molecular flexibility index (Phi) is 8.12. The van der Waals surface area contributed by atoms with Gasteiger partial charge in [0.25, 0.3) is 0 Å². The lowest BCUT2D eigenvalue weighted by Gasteiger charge is -2.22. The van der Waals surface area contributed by atoms with Gasteiger partial charge in [-0.3, -0.25) is 19.5 Å². The molecule has 7 N–H and O–H groups in total. The third kappa shape index (κ3) is 6.96. The first-order chi connectivity index (χ1) is 11.7.